The van der Waals surface area contributed by atoms with E-state index in [1.807, 2.05) is 0 Å². The highest BCUT2D eigenvalue weighted by atomic mass is 16.3. The van der Waals surface area contributed by atoms with Crippen LogP contribution in [0.15, 0.2) is 205 Å². The van der Waals surface area contributed by atoms with E-state index in [-0.39, 0.29) is 5.92 Å². The van der Waals surface area contributed by atoms with E-state index in [0.717, 1.165) is 62.9 Å². The number of nitrogens with zero attached hydrogens (tertiary/aromatic N) is 1. The van der Waals surface area contributed by atoms with E-state index in [1.165, 1.54) is 61.2 Å². The molecule has 0 aliphatic heterocycles. The molecule has 0 saturated carbocycles. The Morgan fingerprint density at radius 3 is 1.81 bits per heavy atom. The average Bonchev–Trinajstić information content (AvgIpc) is 3.60. The zero-order chi connectivity index (χ0) is 39.3. The molecule has 59 heavy (non-hydrogen) atoms. The largest absolute Gasteiger partial charge is 0.456 e. The number of hydrogen-bond donors (Lipinski definition) is 0. The molecule has 0 spiro atoms. The monoisotopic (exact) mass is 755 g/mol. The number of aromatic nitrogens is 1. The maximum Gasteiger partial charge on any atom is 0.136 e. The summed E-state index contributed by atoms with van der Waals surface area (Å²) in [5, 5.41) is 2.24. The Hall–Kier alpha value is -7.29. The fourth-order valence-electron chi connectivity index (χ4n) is 9.33. The number of fused-ring (bicyclic) bond motifs is 6. The van der Waals surface area contributed by atoms with Crippen molar-refractivity contribution in [3.8, 4) is 67.0 Å². The molecular formula is C57H41NO. The van der Waals surface area contributed by atoms with Crippen LogP contribution in [0.25, 0.3) is 89.0 Å². The first-order valence-electron chi connectivity index (χ1n) is 20.6. The third kappa shape index (κ3) is 6.34. The van der Waals surface area contributed by atoms with Crippen molar-refractivity contribution in [2.45, 2.75) is 25.7 Å². The van der Waals surface area contributed by atoms with Gasteiger partial charge in [-0.1, -0.05) is 164 Å². The molecule has 0 amide bonds. The Morgan fingerprint density at radius 1 is 0.424 bits per heavy atom. The van der Waals surface area contributed by atoms with Gasteiger partial charge in [-0.15, -0.1) is 0 Å². The van der Waals surface area contributed by atoms with Crippen LogP contribution < -0.4 is 0 Å². The molecule has 1 atom stereocenters. The molecule has 8 aromatic carbocycles. The summed E-state index contributed by atoms with van der Waals surface area (Å²) in [7, 11) is 0. The van der Waals surface area contributed by atoms with Gasteiger partial charge in [0.15, 0.2) is 0 Å². The van der Waals surface area contributed by atoms with Crippen LogP contribution in [0, 0.1) is 6.92 Å². The molecule has 11 rings (SSSR count). The number of furan rings is 1. The average molecular weight is 756 g/mol. The normalized spacial score (nSPS) is 13.5. The second-order valence-corrected chi connectivity index (χ2v) is 15.9. The fraction of sp³-hybridized carbons (Fsp3) is 0.0702. The molecule has 1 aliphatic rings. The van der Waals surface area contributed by atoms with Gasteiger partial charge in [0.1, 0.15) is 11.2 Å². The van der Waals surface area contributed by atoms with Gasteiger partial charge in [-0.2, -0.15) is 0 Å². The lowest BCUT2D eigenvalue weighted by Crippen LogP contribution is -2.05. The summed E-state index contributed by atoms with van der Waals surface area (Å²) in [4.78, 5) is 5.42. The molecule has 0 fully saturated rings. The Bertz CT molecular complexity index is 3160. The predicted molar refractivity (Wildman–Crippen MR) is 245 cm³/mol. The lowest BCUT2D eigenvalue weighted by atomic mass is 9.87. The van der Waals surface area contributed by atoms with Crippen molar-refractivity contribution in [2.75, 3.05) is 0 Å². The number of rotatable bonds is 6. The SMILES string of the molecule is Cc1c(-c2ccccc2)cc(-c2ccccc2)nc1-c1cccc2oc3ccc(C4Cc5ccccc5-c5cc(-c6cccc(-c7ccccc7)c6)ccc5C4)cc3c12. The topological polar surface area (TPSA) is 26.0 Å². The van der Waals surface area contributed by atoms with Crippen molar-refractivity contribution < 1.29 is 4.42 Å². The molecule has 0 radical (unpaired) electrons. The van der Waals surface area contributed by atoms with Gasteiger partial charge in [0.05, 0.1) is 11.4 Å². The standard InChI is InChI=1S/C57H41NO/c1-37-50(39-17-7-3-8-18-39)36-53(40-19-9-4-10-20-40)58-57(37)49-25-14-26-55-56(49)52-35-44(29-30-54(52)59-55)47-32-45-21-11-12-24-48(45)51-34-43(27-28-46(51)33-47)42-23-13-22-41(31-42)38-15-5-2-6-16-38/h2-31,34-36,47H,32-33H2,1H3. The maximum atomic E-state index is 6.63. The second-order valence-electron chi connectivity index (χ2n) is 15.9. The first kappa shape index (κ1) is 34.9. The molecule has 2 nitrogen and oxygen atoms in total. The smallest absolute Gasteiger partial charge is 0.136 e. The van der Waals surface area contributed by atoms with Crippen LogP contribution in [0.5, 0.6) is 0 Å². The molecule has 0 bridgehead atoms. The summed E-state index contributed by atoms with van der Waals surface area (Å²) in [5.41, 5.74) is 21.1. The molecule has 2 aromatic heterocycles. The highest BCUT2D eigenvalue weighted by Crippen LogP contribution is 2.44. The van der Waals surface area contributed by atoms with Crippen molar-refractivity contribution >= 4 is 21.9 Å². The highest BCUT2D eigenvalue weighted by Gasteiger charge is 2.25. The summed E-state index contributed by atoms with van der Waals surface area (Å²) < 4.78 is 6.63. The Morgan fingerprint density at radius 2 is 1.03 bits per heavy atom. The van der Waals surface area contributed by atoms with Gasteiger partial charge in [0.25, 0.3) is 0 Å². The van der Waals surface area contributed by atoms with Crippen LogP contribution in [0.3, 0.4) is 0 Å². The summed E-state index contributed by atoms with van der Waals surface area (Å²) >= 11 is 0. The second kappa shape index (κ2) is 14.6. The van der Waals surface area contributed by atoms with Gasteiger partial charge in [-0.25, -0.2) is 4.98 Å². The summed E-state index contributed by atoms with van der Waals surface area (Å²) in [6.45, 7) is 2.21. The van der Waals surface area contributed by atoms with Crippen LogP contribution in [0.4, 0.5) is 0 Å². The third-order valence-corrected chi connectivity index (χ3v) is 12.3. The Labute approximate surface area is 345 Å². The van der Waals surface area contributed by atoms with Gasteiger partial charge >= 0.3 is 0 Å². The van der Waals surface area contributed by atoms with E-state index in [2.05, 4.69) is 207 Å². The van der Waals surface area contributed by atoms with Crippen molar-refractivity contribution in [1.82, 2.24) is 4.98 Å². The van der Waals surface area contributed by atoms with Crippen LogP contribution in [0.1, 0.15) is 28.2 Å². The van der Waals surface area contributed by atoms with Gasteiger partial charge in [0, 0.05) is 21.9 Å². The van der Waals surface area contributed by atoms with E-state index < -0.39 is 0 Å². The van der Waals surface area contributed by atoms with Crippen molar-refractivity contribution in [2.24, 2.45) is 0 Å². The van der Waals surface area contributed by atoms with Crippen molar-refractivity contribution in [3.63, 3.8) is 0 Å². The number of hydrogen-bond acceptors (Lipinski definition) is 2. The van der Waals surface area contributed by atoms with E-state index >= 15 is 0 Å². The molecule has 0 N–H and O–H groups in total. The third-order valence-electron chi connectivity index (χ3n) is 12.3. The predicted octanol–water partition coefficient (Wildman–Crippen LogP) is 15.2. The maximum absolute atomic E-state index is 6.63. The number of benzene rings is 8. The zero-order valence-electron chi connectivity index (χ0n) is 32.9. The van der Waals surface area contributed by atoms with E-state index in [4.69, 9.17) is 9.40 Å². The lowest BCUT2D eigenvalue weighted by Gasteiger charge is -2.17. The minimum Gasteiger partial charge on any atom is -0.456 e. The molecule has 1 unspecified atom stereocenters. The Kier molecular flexibility index (Phi) is 8.63. The molecule has 280 valence electrons. The zero-order valence-corrected chi connectivity index (χ0v) is 32.9. The molecular weight excluding hydrogens is 715 g/mol. The minimum atomic E-state index is 0.289. The molecule has 10 aromatic rings. The van der Waals surface area contributed by atoms with E-state index in [9.17, 15) is 0 Å². The quantitative estimate of drug-likeness (QED) is 0.169. The van der Waals surface area contributed by atoms with Crippen LogP contribution >= 0.6 is 0 Å². The van der Waals surface area contributed by atoms with E-state index in [1.54, 1.807) is 0 Å². The molecule has 1 aliphatic carbocycles. The van der Waals surface area contributed by atoms with Crippen LogP contribution in [-0.4, -0.2) is 4.98 Å². The fourth-order valence-corrected chi connectivity index (χ4v) is 9.33. The first-order chi connectivity index (χ1) is 29.1. The minimum absolute atomic E-state index is 0.289. The van der Waals surface area contributed by atoms with Gasteiger partial charge < -0.3 is 4.42 Å². The summed E-state index contributed by atoms with van der Waals surface area (Å²) in [6.07, 6.45) is 1.90. The number of pyridine rings is 1. The van der Waals surface area contributed by atoms with Crippen molar-refractivity contribution in [1.29, 1.82) is 0 Å². The summed E-state index contributed by atoms with van der Waals surface area (Å²) in [5.74, 6) is 0.289. The lowest BCUT2D eigenvalue weighted by molar-refractivity contribution is 0.666. The molecule has 0 saturated heterocycles. The Balaban J connectivity index is 1.02. The van der Waals surface area contributed by atoms with Gasteiger partial charge in [-0.3, -0.25) is 0 Å². The van der Waals surface area contributed by atoms with Crippen molar-refractivity contribution in [3.05, 3.63) is 222 Å². The highest BCUT2D eigenvalue weighted by molar-refractivity contribution is 6.13. The van der Waals surface area contributed by atoms with E-state index in [0.29, 0.717) is 0 Å². The van der Waals surface area contributed by atoms with Crippen LogP contribution in [-0.2, 0) is 12.8 Å². The van der Waals surface area contributed by atoms with Gasteiger partial charge in [-0.05, 0) is 129 Å². The van der Waals surface area contributed by atoms with Crippen LogP contribution in [0.2, 0.25) is 0 Å². The molecule has 2 heterocycles. The summed E-state index contributed by atoms with van der Waals surface area (Å²) in [6, 6.07) is 72.4. The van der Waals surface area contributed by atoms with Gasteiger partial charge in [0.2, 0.25) is 0 Å². The molecule has 2 heteroatoms. The first-order valence-corrected chi connectivity index (χ1v) is 20.6.